The Labute approximate surface area is 359 Å². The average Bonchev–Trinajstić information content (AvgIpc) is 3.20. The monoisotopic (exact) mass is 839 g/mol. The van der Waals surface area contributed by atoms with E-state index in [1.165, 1.54) is 0 Å². The van der Waals surface area contributed by atoms with Crippen LogP contribution in [0, 0.1) is 11.8 Å². The lowest BCUT2D eigenvalue weighted by Gasteiger charge is -2.54. The smallest absolute Gasteiger partial charge is 0.193 e. The van der Waals surface area contributed by atoms with Crippen LogP contribution < -0.4 is 4.74 Å². The molecular weight excluding hydrogens is 765 g/mol. The Kier molecular flexibility index (Phi) is 15.7. The summed E-state index contributed by atoms with van der Waals surface area (Å²) in [6, 6.07) is 37.8. The minimum atomic E-state index is -2.53. The van der Waals surface area contributed by atoms with Crippen molar-refractivity contribution in [2.75, 3.05) is 7.11 Å². The van der Waals surface area contributed by atoms with E-state index in [-0.39, 0.29) is 28.6 Å². The summed E-state index contributed by atoms with van der Waals surface area (Å²) in [6.07, 6.45) is -1.49. The summed E-state index contributed by atoms with van der Waals surface area (Å²) >= 11 is 0. The number of methoxy groups -OCH3 is 1. The lowest BCUT2D eigenvalue weighted by molar-refractivity contribution is -0.182. The number of hydrogen-bond acceptors (Lipinski definition) is 6. The highest BCUT2D eigenvalue weighted by molar-refractivity contribution is 6.74. The predicted octanol–water partition coefficient (Wildman–Crippen LogP) is 12.4. The number of carbonyl (C=O) groups excluding carboxylic acids is 1. The number of ether oxygens (including phenoxy) is 2. The maximum atomic E-state index is 15.8. The molecular formula is C51H74O6Si2. The summed E-state index contributed by atoms with van der Waals surface area (Å²) in [4.78, 5) is 15.8. The summed E-state index contributed by atoms with van der Waals surface area (Å²) in [5.74, 6) is -0.721. The van der Waals surface area contributed by atoms with Crippen molar-refractivity contribution in [3.8, 4) is 5.75 Å². The zero-order valence-electron chi connectivity index (χ0n) is 38.8. The fraction of sp³-hybridized carbons (Fsp3) is 0.510. The molecule has 4 rings (SSSR count). The molecule has 0 heterocycles. The highest BCUT2D eigenvalue weighted by Gasteiger charge is 2.56. The molecule has 0 unspecified atom stereocenters. The summed E-state index contributed by atoms with van der Waals surface area (Å²) in [7, 11) is -3.22. The van der Waals surface area contributed by atoms with Crippen molar-refractivity contribution < 1.29 is 28.2 Å². The number of benzene rings is 4. The quantitative estimate of drug-likeness (QED) is 0.0749. The van der Waals surface area contributed by atoms with Gasteiger partial charge in [0, 0.05) is 11.8 Å². The number of Topliss-reactive ketones (excluding diaryl/α,β-unsaturated/α-hetero) is 1. The average molecular weight is 839 g/mol. The molecule has 1 N–H and O–H groups in total. The van der Waals surface area contributed by atoms with Gasteiger partial charge in [-0.05, 0) is 84.0 Å². The van der Waals surface area contributed by atoms with E-state index in [1.807, 2.05) is 129 Å². The number of hydrogen-bond donors (Lipinski definition) is 1. The van der Waals surface area contributed by atoms with Gasteiger partial charge in [-0.25, -0.2) is 0 Å². The fourth-order valence-corrected chi connectivity index (χ4v) is 11.1. The van der Waals surface area contributed by atoms with Crippen LogP contribution in [0.1, 0.15) is 97.9 Å². The molecule has 8 heteroatoms. The van der Waals surface area contributed by atoms with Crippen LogP contribution in [0.3, 0.4) is 0 Å². The molecule has 59 heavy (non-hydrogen) atoms. The van der Waals surface area contributed by atoms with Crippen LogP contribution in [0.15, 0.2) is 115 Å². The molecule has 0 radical (unpaired) electrons. The molecule has 0 saturated carbocycles. The van der Waals surface area contributed by atoms with Gasteiger partial charge in [0.05, 0.1) is 32.0 Å². The van der Waals surface area contributed by atoms with Crippen molar-refractivity contribution >= 4 is 22.4 Å². The first-order valence-corrected chi connectivity index (χ1v) is 27.3. The first kappa shape index (κ1) is 48.3. The van der Waals surface area contributed by atoms with Gasteiger partial charge in [0.15, 0.2) is 22.4 Å². The lowest BCUT2D eigenvalue weighted by Crippen LogP contribution is -2.65. The Morgan fingerprint density at radius 1 is 0.661 bits per heavy atom. The summed E-state index contributed by atoms with van der Waals surface area (Å²) in [5, 5.41) is 12.8. The molecule has 0 fully saturated rings. The van der Waals surface area contributed by atoms with E-state index in [9.17, 15) is 5.11 Å². The number of carbonyl (C=O) groups is 1. The maximum absolute atomic E-state index is 15.8. The molecule has 6 nitrogen and oxygen atoms in total. The molecule has 0 aromatic heterocycles. The third kappa shape index (κ3) is 10.4. The highest BCUT2D eigenvalue weighted by Crippen LogP contribution is 2.48. The van der Waals surface area contributed by atoms with Crippen molar-refractivity contribution in [2.45, 2.75) is 148 Å². The molecule has 0 aliphatic rings. The van der Waals surface area contributed by atoms with Crippen LogP contribution in [-0.4, -0.2) is 58.5 Å². The van der Waals surface area contributed by atoms with Crippen molar-refractivity contribution in [1.29, 1.82) is 0 Å². The minimum Gasteiger partial charge on any atom is -0.497 e. The van der Waals surface area contributed by atoms with Crippen LogP contribution in [-0.2, 0) is 30.4 Å². The second-order valence-corrected chi connectivity index (χ2v) is 29.2. The van der Waals surface area contributed by atoms with Crippen LogP contribution in [0.5, 0.6) is 5.75 Å². The van der Waals surface area contributed by atoms with Crippen LogP contribution in [0.25, 0.3) is 0 Å². The molecule has 0 bridgehead atoms. The van der Waals surface area contributed by atoms with E-state index in [0.29, 0.717) is 6.42 Å². The number of rotatable bonds is 19. The Balaban J connectivity index is 1.94. The van der Waals surface area contributed by atoms with Crippen molar-refractivity contribution in [1.82, 2.24) is 0 Å². The number of aliphatic hydroxyl groups excluding tert-OH is 1. The third-order valence-corrected chi connectivity index (χ3v) is 22.7. The first-order chi connectivity index (χ1) is 27.5. The Bertz CT molecular complexity index is 1800. The molecule has 6 atom stereocenters. The van der Waals surface area contributed by atoms with E-state index in [2.05, 4.69) is 81.6 Å². The lowest BCUT2D eigenvalue weighted by atomic mass is 9.62. The van der Waals surface area contributed by atoms with Gasteiger partial charge in [-0.15, -0.1) is 0 Å². The normalized spacial score (nSPS) is 16.7. The molecule has 4 aromatic rings. The second-order valence-electron chi connectivity index (χ2n) is 19.8. The van der Waals surface area contributed by atoms with Gasteiger partial charge in [-0.3, -0.25) is 4.79 Å². The Morgan fingerprint density at radius 3 is 1.46 bits per heavy atom. The zero-order valence-corrected chi connectivity index (χ0v) is 40.8. The molecule has 322 valence electrons. The Hall–Kier alpha value is -3.38. The van der Waals surface area contributed by atoms with E-state index >= 15 is 4.79 Å². The fourth-order valence-electron chi connectivity index (χ4n) is 8.02. The molecule has 0 saturated heterocycles. The van der Waals surface area contributed by atoms with E-state index in [4.69, 9.17) is 18.3 Å². The summed E-state index contributed by atoms with van der Waals surface area (Å²) < 4.78 is 27.7. The number of aliphatic hydroxyl groups is 1. The van der Waals surface area contributed by atoms with Crippen molar-refractivity contribution in [2.24, 2.45) is 11.8 Å². The van der Waals surface area contributed by atoms with Crippen molar-refractivity contribution in [3.63, 3.8) is 0 Å². The van der Waals surface area contributed by atoms with Crippen LogP contribution >= 0.6 is 0 Å². The summed E-state index contributed by atoms with van der Waals surface area (Å²) in [5.41, 5.74) is 1.30. The second kappa shape index (κ2) is 19.1. The Morgan fingerprint density at radius 2 is 1.08 bits per heavy atom. The number of ketones is 1. The van der Waals surface area contributed by atoms with Gasteiger partial charge in [0.25, 0.3) is 0 Å². The van der Waals surface area contributed by atoms with Gasteiger partial charge in [0.1, 0.15) is 16.8 Å². The molecule has 4 aromatic carbocycles. The van der Waals surface area contributed by atoms with Gasteiger partial charge >= 0.3 is 0 Å². The molecule has 0 aliphatic heterocycles. The van der Waals surface area contributed by atoms with Crippen LogP contribution in [0.2, 0.25) is 36.3 Å². The maximum Gasteiger partial charge on any atom is 0.193 e. The largest absolute Gasteiger partial charge is 0.497 e. The topological polar surface area (TPSA) is 74.2 Å². The first-order valence-electron chi connectivity index (χ1n) is 21.5. The van der Waals surface area contributed by atoms with Crippen LogP contribution in [0.4, 0.5) is 0 Å². The van der Waals surface area contributed by atoms with Gasteiger partial charge < -0.3 is 23.4 Å². The highest BCUT2D eigenvalue weighted by atomic mass is 28.4. The molecule has 0 amide bonds. The molecule has 0 aliphatic carbocycles. The van der Waals surface area contributed by atoms with Crippen molar-refractivity contribution in [3.05, 3.63) is 138 Å². The van der Waals surface area contributed by atoms with Gasteiger partial charge in [0.2, 0.25) is 0 Å². The molecule has 0 spiro atoms. The van der Waals surface area contributed by atoms with E-state index in [0.717, 1.165) is 28.0 Å². The summed E-state index contributed by atoms with van der Waals surface area (Å²) in [6.45, 7) is 31.1. The minimum absolute atomic E-state index is 0.0561. The predicted molar refractivity (Wildman–Crippen MR) is 249 cm³/mol. The standard InChI is InChI=1S/C51H74O6Si2/c1-16-44(56-58(12,13)48(4,5)6)50(10,57-59(14,15)49(7,8)9)47(55-36-39-32-34-43(54-11)35-33-39)38(3)45(52)37(2)46(53)51(40-26-20-17-21-27-40,41-28-22-18-23-29-41)42-30-24-19-25-31-42/h17-35,37-38,44-45,47,52H,16,36H2,1-15H3/t37-,38-,44+,45-,47+,50+/m0/s1. The van der Waals surface area contributed by atoms with Gasteiger partial charge in [-0.2, -0.15) is 0 Å². The zero-order chi connectivity index (χ0) is 44.0. The third-order valence-electron chi connectivity index (χ3n) is 13.6. The van der Waals surface area contributed by atoms with E-state index in [1.54, 1.807) is 7.11 Å². The SMILES string of the molecule is CC[C@@H](O[Si](C)(C)C(C)(C)C)[C@@](C)(O[Si](C)(C)C(C)(C)C)[C@H](OCc1ccc(OC)cc1)[C@@H](C)[C@@H](O)[C@H](C)C(=O)C(c1ccccc1)(c1ccccc1)c1ccccc1. The van der Waals surface area contributed by atoms with E-state index < -0.39 is 51.7 Å². The van der Waals surface area contributed by atoms with Gasteiger partial charge in [-0.1, -0.05) is 165 Å².